The highest BCUT2D eigenvalue weighted by molar-refractivity contribution is 7.46. The number of hydroxylamine groups is 1. The maximum Gasteiger partial charge on any atom is 0.492 e. The van der Waals surface area contributed by atoms with Crippen LogP contribution in [0.15, 0.2) is 17.2 Å². The molecule has 0 saturated carbocycles. The number of hydrazone groups is 1. The fourth-order valence-electron chi connectivity index (χ4n) is 3.47. The van der Waals surface area contributed by atoms with Crippen molar-refractivity contribution in [3.05, 3.63) is 35.1 Å². The lowest BCUT2D eigenvalue weighted by atomic mass is 10.0. The molecule has 1 aromatic rings. The van der Waals surface area contributed by atoms with Gasteiger partial charge in [0.25, 0.3) is 0 Å². The van der Waals surface area contributed by atoms with Crippen molar-refractivity contribution in [2.45, 2.75) is 31.2 Å². The van der Waals surface area contributed by atoms with E-state index in [4.69, 9.17) is 15.5 Å². The molecule has 0 radical (unpaired) electrons. The molecule has 0 aromatic heterocycles. The minimum atomic E-state index is -5.27. The van der Waals surface area contributed by atoms with Gasteiger partial charge >= 0.3 is 14.0 Å². The van der Waals surface area contributed by atoms with Gasteiger partial charge in [-0.3, -0.25) is 4.79 Å². The van der Waals surface area contributed by atoms with E-state index in [9.17, 15) is 35.7 Å². The second kappa shape index (κ2) is 9.10. The second-order valence-corrected chi connectivity index (χ2v) is 8.48. The minimum absolute atomic E-state index is 0.0969. The number of amidine groups is 1. The molecule has 1 unspecified atom stereocenters. The predicted molar refractivity (Wildman–Crippen MR) is 98.1 cm³/mol. The standard InChI is InChI=1S/C16H18F6N5O5P/c17-10-6-12(19)11(18)4-8(10)3-9(23)5-14(28)25-1-2-26-13(7-25)27(32-33(29,30)31)24-15(26)16(20,21)22/h4,6,9,13H,1-3,5,7,23H2,(H2,29,30,31)/t9-,13?/m1/s1. The van der Waals surface area contributed by atoms with Crippen LogP contribution in [0.5, 0.6) is 0 Å². The van der Waals surface area contributed by atoms with E-state index in [1.165, 1.54) is 0 Å². The molecule has 10 nitrogen and oxygen atoms in total. The summed E-state index contributed by atoms with van der Waals surface area (Å²) in [5.74, 6) is -5.86. The van der Waals surface area contributed by atoms with Crippen molar-refractivity contribution < 1.29 is 50.1 Å². The summed E-state index contributed by atoms with van der Waals surface area (Å²) in [5, 5.41) is 3.19. The van der Waals surface area contributed by atoms with Crippen LogP contribution in [0.2, 0.25) is 0 Å². The van der Waals surface area contributed by atoms with Crippen LogP contribution in [-0.4, -0.2) is 74.5 Å². The van der Waals surface area contributed by atoms with Crippen molar-refractivity contribution >= 4 is 19.6 Å². The topological polar surface area (TPSA) is 132 Å². The Morgan fingerprint density at radius 2 is 1.85 bits per heavy atom. The number of hydrogen-bond acceptors (Lipinski definition) is 7. The number of benzene rings is 1. The molecule has 33 heavy (non-hydrogen) atoms. The maximum absolute atomic E-state index is 13.8. The number of carbonyl (C=O) groups is 1. The molecule has 2 aliphatic heterocycles. The largest absolute Gasteiger partial charge is 0.492 e. The van der Waals surface area contributed by atoms with Gasteiger partial charge in [0.15, 0.2) is 17.8 Å². The van der Waals surface area contributed by atoms with Crippen molar-refractivity contribution in [3.63, 3.8) is 0 Å². The Kier molecular flexibility index (Phi) is 6.96. The Hall–Kier alpha value is -2.39. The quantitative estimate of drug-likeness (QED) is 0.297. The zero-order valence-electron chi connectivity index (χ0n) is 16.5. The molecule has 1 aromatic carbocycles. The third-order valence-electron chi connectivity index (χ3n) is 4.88. The van der Waals surface area contributed by atoms with E-state index >= 15 is 0 Å². The first-order chi connectivity index (χ1) is 15.2. The van der Waals surface area contributed by atoms with Gasteiger partial charge in [0.2, 0.25) is 11.7 Å². The highest BCUT2D eigenvalue weighted by Crippen LogP contribution is 2.41. The number of nitrogens with two attached hydrogens (primary N) is 1. The number of rotatable bonds is 6. The monoisotopic (exact) mass is 505 g/mol. The number of phosphoric acid groups is 1. The SMILES string of the molecule is N[C@@H](CC(=O)N1CCN2C(C(F)(F)F)=NN(OP(=O)(O)O)C2C1)Cc1cc(F)c(F)cc1F. The van der Waals surface area contributed by atoms with Crippen molar-refractivity contribution in [2.24, 2.45) is 10.8 Å². The molecule has 3 rings (SSSR count). The molecule has 17 heteroatoms. The van der Waals surface area contributed by atoms with Crippen LogP contribution in [0.1, 0.15) is 12.0 Å². The number of hydrogen-bond donors (Lipinski definition) is 3. The lowest BCUT2D eigenvalue weighted by molar-refractivity contribution is -0.156. The van der Waals surface area contributed by atoms with Gasteiger partial charge in [-0.05, 0) is 18.1 Å². The predicted octanol–water partition coefficient (Wildman–Crippen LogP) is 1.05. The molecular formula is C16H18F6N5O5P. The summed E-state index contributed by atoms with van der Waals surface area (Å²) in [6.45, 7) is -1.07. The Bertz CT molecular complexity index is 1000. The van der Waals surface area contributed by atoms with Crippen LogP contribution in [0, 0.1) is 17.5 Å². The van der Waals surface area contributed by atoms with Gasteiger partial charge < -0.3 is 25.3 Å². The van der Waals surface area contributed by atoms with Gasteiger partial charge in [-0.25, -0.2) is 17.7 Å². The Morgan fingerprint density at radius 1 is 1.21 bits per heavy atom. The number of carbonyl (C=O) groups excluding carboxylic acids is 1. The molecule has 1 fully saturated rings. The molecule has 4 N–H and O–H groups in total. The first-order valence-corrected chi connectivity index (χ1v) is 10.8. The van der Waals surface area contributed by atoms with Crippen LogP contribution in [0.3, 0.4) is 0 Å². The lowest BCUT2D eigenvalue weighted by Crippen LogP contribution is -2.59. The summed E-state index contributed by atoms with van der Waals surface area (Å²) in [6, 6.07) is -0.0886. The number of alkyl halides is 3. The summed E-state index contributed by atoms with van der Waals surface area (Å²) in [7, 11) is -5.27. The van der Waals surface area contributed by atoms with E-state index in [0.717, 1.165) is 4.90 Å². The number of nitrogens with zero attached hydrogens (tertiary/aromatic N) is 4. The number of amides is 1. The Balaban J connectivity index is 1.67. The summed E-state index contributed by atoms with van der Waals surface area (Å²) >= 11 is 0. The molecule has 0 bridgehead atoms. The van der Waals surface area contributed by atoms with Crippen LogP contribution in [0.25, 0.3) is 0 Å². The molecule has 1 saturated heterocycles. The van der Waals surface area contributed by atoms with Gasteiger partial charge in [0.05, 0.1) is 6.54 Å². The van der Waals surface area contributed by atoms with E-state index < -0.39 is 68.4 Å². The van der Waals surface area contributed by atoms with Crippen molar-refractivity contribution in [1.82, 2.24) is 15.0 Å². The molecule has 1 amide bonds. The number of piperazine rings is 1. The van der Waals surface area contributed by atoms with E-state index in [2.05, 4.69) is 9.73 Å². The van der Waals surface area contributed by atoms with Gasteiger partial charge in [-0.15, -0.1) is 14.9 Å². The Labute approximate surface area is 182 Å². The first kappa shape index (κ1) is 25.2. The number of halogens is 6. The third-order valence-corrected chi connectivity index (χ3v) is 5.26. The van der Waals surface area contributed by atoms with Crippen molar-refractivity contribution in [1.29, 1.82) is 0 Å². The van der Waals surface area contributed by atoms with Gasteiger partial charge in [0, 0.05) is 31.6 Å². The van der Waals surface area contributed by atoms with E-state index in [1.54, 1.807) is 0 Å². The summed E-state index contributed by atoms with van der Waals surface area (Å²) in [4.78, 5) is 32.3. The van der Waals surface area contributed by atoms with E-state index in [0.29, 0.717) is 17.0 Å². The van der Waals surface area contributed by atoms with Crippen LogP contribution in [0.4, 0.5) is 26.3 Å². The molecule has 2 atom stereocenters. The summed E-state index contributed by atoms with van der Waals surface area (Å²) in [6.07, 6.45) is -7.18. The minimum Gasteiger partial charge on any atom is -0.337 e. The highest BCUT2D eigenvalue weighted by Gasteiger charge is 2.52. The molecule has 2 aliphatic rings. The highest BCUT2D eigenvalue weighted by atomic mass is 31.2. The summed E-state index contributed by atoms with van der Waals surface area (Å²) < 4.78 is 95.2. The average Bonchev–Trinajstić information content (AvgIpc) is 3.02. The fourth-order valence-corrected chi connectivity index (χ4v) is 3.84. The fraction of sp³-hybridized carbons (Fsp3) is 0.500. The third kappa shape index (κ3) is 5.95. The van der Waals surface area contributed by atoms with Crippen LogP contribution in [-0.2, 0) is 20.4 Å². The van der Waals surface area contributed by atoms with E-state index in [-0.39, 0.29) is 30.2 Å². The normalized spacial score (nSPS) is 20.1. The zero-order valence-corrected chi connectivity index (χ0v) is 17.4. The van der Waals surface area contributed by atoms with Gasteiger partial charge in [0.1, 0.15) is 5.82 Å². The zero-order chi connectivity index (χ0) is 24.7. The van der Waals surface area contributed by atoms with Crippen LogP contribution < -0.4 is 5.73 Å². The van der Waals surface area contributed by atoms with Gasteiger partial charge in [-0.1, -0.05) is 0 Å². The summed E-state index contributed by atoms with van der Waals surface area (Å²) in [5.41, 5.74) is 5.55. The lowest BCUT2D eigenvalue weighted by Gasteiger charge is -2.40. The Morgan fingerprint density at radius 3 is 2.45 bits per heavy atom. The van der Waals surface area contributed by atoms with Crippen molar-refractivity contribution in [3.8, 4) is 0 Å². The molecule has 2 heterocycles. The number of fused-ring (bicyclic) bond motifs is 1. The van der Waals surface area contributed by atoms with Crippen LogP contribution >= 0.6 is 7.82 Å². The maximum atomic E-state index is 13.8. The molecule has 184 valence electrons. The smallest absolute Gasteiger partial charge is 0.337 e. The molecular weight excluding hydrogens is 487 g/mol. The first-order valence-electron chi connectivity index (χ1n) is 9.29. The average molecular weight is 505 g/mol. The van der Waals surface area contributed by atoms with Gasteiger partial charge in [-0.2, -0.15) is 13.2 Å². The second-order valence-electron chi connectivity index (χ2n) is 7.34. The van der Waals surface area contributed by atoms with Crippen molar-refractivity contribution in [2.75, 3.05) is 19.6 Å². The van der Waals surface area contributed by atoms with E-state index in [1.807, 2.05) is 0 Å². The molecule has 0 spiro atoms. The molecule has 0 aliphatic carbocycles.